The van der Waals surface area contributed by atoms with Crippen LogP contribution in [0.3, 0.4) is 0 Å². The molecule has 2 heterocycles. The van der Waals surface area contributed by atoms with Crippen molar-refractivity contribution in [1.82, 2.24) is 20.1 Å². The molecule has 1 aliphatic heterocycles. The number of benzene rings is 2. The molecule has 1 saturated heterocycles. The summed E-state index contributed by atoms with van der Waals surface area (Å²) < 4.78 is 14.1. The second-order valence-corrected chi connectivity index (χ2v) is 8.53. The molecule has 0 aliphatic carbocycles. The Morgan fingerprint density at radius 1 is 1.12 bits per heavy atom. The summed E-state index contributed by atoms with van der Waals surface area (Å²) in [5.74, 6) is -0.662. The molecule has 1 aromatic heterocycles. The molecule has 1 aliphatic rings. The third-order valence-corrected chi connectivity index (χ3v) is 6.26. The zero-order chi connectivity index (χ0) is 22.7. The number of halogens is 2. The van der Waals surface area contributed by atoms with E-state index in [9.17, 15) is 14.0 Å². The summed E-state index contributed by atoms with van der Waals surface area (Å²) in [5, 5.41) is 4.28. The average molecular weight is 457 g/mol. The number of amides is 2. The van der Waals surface area contributed by atoms with E-state index in [0.717, 1.165) is 16.5 Å². The summed E-state index contributed by atoms with van der Waals surface area (Å²) in [7, 11) is 0. The minimum atomic E-state index is -0.640. The van der Waals surface area contributed by atoms with Gasteiger partial charge < -0.3 is 15.2 Å². The molecule has 3 aromatic rings. The van der Waals surface area contributed by atoms with Crippen molar-refractivity contribution in [2.24, 2.45) is 0 Å². The van der Waals surface area contributed by atoms with Crippen molar-refractivity contribution in [3.8, 4) is 0 Å². The Balaban J connectivity index is 1.41. The number of piperazine rings is 1. The van der Waals surface area contributed by atoms with Crippen LogP contribution < -0.4 is 5.32 Å². The molecule has 0 spiro atoms. The van der Waals surface area contributed by atoms with E-state index in [2.05, 4.69) is 15.2 Å². The standard InChI is InChI=1S/C24H26ClFN4O2/c1-16(31)28-23(13-17-14-27-22-8-3-2-5-18(17)22)24(32)30-11-9-29(10-12-30)15-19-20(25)6-4-7-21(19)26/h2-8,14,23,27H,9-13,15H2,1H3,(H,28,31)/t23-/m1/s1. The molecule has 2 aromatic carbocycles. The van der Waals surface area contributed by atoms with E-state index in [1.165, 1.54) is 13.0 Å². The van der Waals surface area contributed by atoms with Crippen LogP contribution in [0.5, 0.6) is 0 Å². The van der Waals surface area contributed by atoms with Crippen LogP contribution in [0.15, 0.2) is 48.7 Å². The molecule has 1 atom stereocenters. The van der Waals surface area contributed by atoms with Crippen molar-refractivity contribution >= 4 is 34.3 Å². The van der Waals surface area contributed by atoms with Crippen molar-refractivity contribution in [1.29, 1.82) is 0 Å². The zero-order valence-electron chi connectivity index (χ0n) is 17.9. The summed E-state index contributed by atoms with van der Waals surface area (Å²) in [6, 6.07) is 11.9. The number of nitrogens with zero attached hydrogens (tertiary/aromatic N) is 2. The van der Waals surface area contributed by atoms with Gasteiger partial charge in [0.1, 0.15) is 11.9 Å². The molecule has 2 amide bonds. The van der Waals surface area contributed by atoms with E-state index in [1.807, 2.05) is 30.5 Å². The molecular formula is C24H26ClFN4O2. The van der Waals surface area contributed by atoms with Crippen LogP contribution in [-0.4, -0.2) is 58.8 Å². The van der Waals surface area contributed by atoms with Crippen molar-refractivity contribution in [3.05, 3.63) is 70.6 Å². The van der Waals surface area contributed by atoms with Crippen molar-refractivity contribution in [3.63, 3.8) is 0 Å². The van der Waals surface area contributed by atoms with E-state index in [4.69, 9.17) is 11.6 Å². The molecule has 1 fully saturated rings. The first-order chi connectivity index (χ1) is 15.4. The van der Waals surface area contributed by atoms with Gasteiger partial charge in [-0.15, -0.1) is 0 Å². The first-order valence-electron chi connectivity index (χ1n) is 10.7. The monoisotopic (exact) mass is 456 g/mol. The van der Waals surface area contributed by atoms with Gasteiger partial charge in [-0.25, -0.2) is 4.39 Å². The number of H-pyrrole nitrogens is 1. The zero-order valence-corrected chi connectivity index (χ0v) is 18.7. The van der Waals surface area contributed by atoms with E-state index < -0.39 is 6.04 Å². The molecule has 8 heteroatoms. The van der Waals surface area contributed by atoms with Crippen molar-refractivity contribution in [2.75, 3.05) is 26.2 Å². The van der Waals surface area contributed by atoms with Crippen LogP contribution in [0.4, 0.5) is 4.39 Å². The van der Waals surface area contributed by atoms with Gasteiger partial charge in [0.2, 0.25) is 11.8 Å². The lowest BCUT2D eigenvalue weighted by Crippen LogP contribution is -2.55. The SMILES string of the molecule is CC(=O)N[C@H](Cc1c[nH]c2ccccc12)C(=O)N1CCN(Cc2c(F)cccc2Cl)CC1. The third kappa shape index (κ3) is 4.95. The van der Waals surface area contributed by atoms with Gasteiger partial charge in [0.05, 0.1) is 0 Å². The topological polar surface area (TPSA) is 68.4 Å². The van der Waals surface area contributed by atoms with E-state index >= 15 is 0 Å². The fourth-order valence-electron chi connectivity index (χ4n) is 4.22. The second-order valence-electron chi connectivity index (χ2n) is 8.12. The minimum absolute atomic E-state index is 0.103. The molecule has 6 nitrogen and oxygen atoms in total. The average Bonchev–Trinajstić information content (AvgIpc) is 3.18. The Labute approximate surface area is 191 Å². The molecule has 4 rings (SSSR count). The summed E-state index contributed by atoms with van der Waals surface area (Å²) >= 11 is 6.15. The maximum absolute atomic E-state index is 14.1. The Bertz CT molecular complexity index is 1100. The number of aromatic amines is 1. The third-order valence-electron chi connectivity index (χ3n) is 5.90. The molecule has 168 valence electrons. The van der Waals surface area contributed by atoms with Gasteiger partial charge in [0.25, 0.3) is 0 Å². The Morgan fingerprint density at radius 2 is 1.88 bits per heavy atom. The van der Waals surface area contributed by atoms with Gasteiger partial charge in [-0.3, -0.25) is 14.5 Å². The summed E-state index contributed by atoms with van der Waals surface area (Å²) in [5.41, 5.74) is 2.46. The first kappa shape index (κ1) is 22.3. The number of hydrogen-bond acceptors (Lipinski definition) is 3. The predicted octanol–water partition coefficient (Wildman–Crippen LogP) is 3.35. The molecular weight excluding hydrogens is 431 g/mol. The molecule has 0 bridgehead atoms. The quantitative estimate of drug-likeness (QED) is 0.597. The molecule has 0 radical (unpaired) electrons. The van der Waals surface area contributed by atoms with Gasteiger partial charge in [-0.1, -0.05) is 35.9 Å². The highest BCUT2D eigenvalue weighted by Gasteiger charge is 2.29. The van der Waals surface area contributed by atoms with Gasteiger partial charge >= 0.3 is 0 Å². The van der Waals surface area contributed by atoms with Crippen LogP contribution in [0.2, 0.25) is 5.02 Å². The van der Waals surface area contributed by atoms with Crippen LogP contribution in [0.25, 0.3) is 10.9 Å². The van der Waals surface area contributed by atoms with Crippen molar-refractivity contribution < 1.29 is 14.0 Å². The molecule has 0 saturated carbocycles. The highest BCUT2D eigenvalue weighted by Crippen LogP contribution is 2.22. The Kier molecular flexibility index (Phi) is 6.77. The highest BCUT2D eigenvalue weighted by molar-refractivity contribution is 6.31. The number of aromatic nitrogens is 1. The van der Waals surface area contributed by atoms with Gasteiger partial charge in [-0.05, 0) is 23.8 Å². The van der Waals surface area contributed by atoms with Crippen molar-refractivity contribution in [2.45, 2.75) is 25.9 Å². The summed E-state index contributed by atoms with van der Waals surface area (Å²) in [6.07, 6.45) is 2.30. The van der Waals surface area contributed by atoms with Gasteiger partial charge in [0, 0.05) is 73.8 Å². The Morgan fingerprint density at radius 3 is 2.59 bits per heavy atom. The van der Waals surface area contributed by atoms with E-state index in [-0.39, 0.29) is 17.6 Å². The number of fused-ring (bicyclic) bond motifs is 1. The summed E-state index contributed by atoms with van der Waals surface area (Å²) in [4.78, 5) is 32.2. The molecule has 32 heavy (non-hydrogen) atoms. The maximum Gasteiger partial charge on any atom is 0.245 e. The number of hydrogen-bond donors (Lipinski definition) is 2. The predicted molar refractivity (Wildman–Crippen MR) is 123 cm³/mol. The fraction of sp³-hybridized carbons (Fsp3) is 0.333. The lowest BCUT2D eigenvalue weighted by Gasteiger charge is -2.36. The fourth-order valence-corrected chi connectivity index (χ4v) is 4.44. The van der Waals surface area contributed by atoms with Gasteiger partial charge in [-0.2, -0.15) is 0 Å². The number of para-hydroxylation sites is 1. The maximum atomic E-state index is 14.1. The smallest absolute Gasteiger partial charge is 0.245 e. The molecule has 2 N–H and O–H groups in total. The van der Waals surface area contributed by atoms with E-state index in [1.54, 1.807) is 17.0 Å². The summed E-state index contributed by atoms with van der Waals surface area (Å²) in [6.45, 7) is 4.06. The number of nitrogens with one attached hydrogen (secondary N) is 2. The minimum Gasteiger partial charge on any atom is -0.361 e. The molecule has 0 unspecified atom stereocenters. The number of carbonyl (C=O) groups excluding carboxylic acids is 2. The Hall–Kier alpha value is -2.90. The first-order valence-corrected chi connectivity index (χ1v) is 11.1. The number of carbonyl (C=O) groups is 2. The lowest BCUT2D eigenvalue weighted by atomic mass is 10.0. The second kappa shape index (κ2) is 9.71. The highest BCUT2D eigenvalue weighted by atomic mass is 35.5. The lowest BCUT2D eigenvalue weighted by molar-refractivity contribution is -0.137. The number of rotatable bonds is 6. The van der Waals surface area contributed by atoms with Crippen LogP contribution >= 0.6 is 11.6 Å². The normalized spacial score (nSPS) is 15.7. The van der Waals surface area contributed by atoms with Crippen LogP contribution in [0.1, 0.15) is 18.1 Å². The van der Waals surface area contributed by atoms with E-state index in [0.29, 0.717) is 49.7 Å². The largest absolute Gasteiger partial charge is 0.361 e. The van der Waals surface area contributed by atoms with Crippen LogP contribution in [0, 0.1) is 5.82 Å². The van der Waals surface area contributed by atoms with Gasteiger partial charge in [0.15, 0.2) is 0 Å². The van der Waals surface area contributed by atoms with Crippen LogP contribution in [-0.2, 0) is 22.6 Å².